The topological polar surface area (TPSA) is 70.8 Å². The standard InChI is InChI=1S/C20H24N4O2/c1-16(21-22-18-7-6-8-20(15-18)24(25)26)17-9-11-19(12-10-17)23-13-4-2-3-5-14-23/h6-12,15,22H,2-5,13-14H2,1H3. The Morgan fingerprint density at radius 3 is 2.42 bits per heavy atom. The van der Waals surface area contributed by atoms with Gasteiger partial charge in [0.15, 0.2) is 0 Å². The van der Waals surface area contributed by atoms with Crippen LogP contribution < -0.4 is 10.3 Å². The largest absolute Gasteiger partial charge is 0.372 e. The zero-order valence-electron chi connectivity index (χ0n) is 15.0. The minimum absolute atomic E-state index is 0.0460. The van der Waals surface area contributed by atoms with Gasteiger partial charge in [0.25, 0.3) is 5.69 Å². The maximum atomic E-state index is 10.8. The average Bonchev–Trinajstić information content (AvgIpc) is 2.96. The van der Waals surface area contributed by atoms with Crippen LogP contribution in [-0.2, 0) is 0 Å². The van der Waals surface area contributed by atoms with E-state index < -0.39 is 4.92 Å². The first kappa shape index (κ1) is 17.9. The van der Waals surface area contributed by atoms with E-state index in [0.717, 1.165) is 24.4 Å². The van der Waals surface area contributed by atoms with Crippen LogP contribution in [0.1, 0.15) is 38.2 Å². The van der Waals surface area contributed by atoms with E-state index in [1.165, 1.54) is 43.5 Å². The third-order valence-electron chi connectivity index (χ3n) is 4.67. The number of nitro groups is 1. The van der Waals surface area contributed by atoms with Crippen molar-refractivity contribution in [3.63, 3.8) is 0 Å². The fraction of sp³-hybridized carbons (Fsp3) is 0.350. The second kappa shape index (κ2) is 8.47. The first-order chi connectivity index (χ1) is 12.6. The lowest BCUT2D eigenvalue weighted by atomic mass is 10.1. The molecule has 1 saturated heterocycles. The van der Waals surface area contributed by atoms with Crippen LogP contribution in [-0.4, -0.2) is 23.7 Å². The third-order valence-corrected chi connectivity index (χ3v) is 4.67. The molecule has 0 unspecified atom stereocenters. The summed E-state index contributed by atoms with van der Waals surface area (Å²) in [5.41, 5.74) is 6.66. The van der Waals surface area contributed by atoms with Gasteiger partial charge in [-0.25, -0.2) is 0 Å². The molecule has 0 atom stereocenters. The van der Waals surface area contributed by atoms with E-state index in [2.05, 4.69) is 39.7 Å². The fourth-order valence-corrected chi connectivity index (χ4v) is 3.14. The van der Waals surface area contributed by atoms with Crippen LogP contribution >= 0.6 is 0 Å². The molecule has 0 aliphatic carbocycles. The van der Waals surface area contributed by atoms with Gasteiger partial charge in [-0.05, 0) is 43.5 Å². The molecule has 0 amide bonds. The van der Waals surface area contributed by atoms with Gasteiger partial charge in [-0.3, -0.25) is 15.5 Å². The minimum Gasteiger partial charge on any atom is -0.372 e. The molecular formula is C20H24N4O2. The highest BCUT2D eigenvalue weighted by atomic mass is 16.6. The van der Waals surface area contributed by atoms with Crippen molar-refractivity contribution in [3.8, 4) is 0 Å². The lowest BCUT2D eigenvalue weighted by molar-refractivity contribution is -0.384. The Morgan fingerprint density at radius 1 is 1.08 bits per heavy atom. The van der Waals surface area contributed by atoms with Crippen LogP contribution in [0, 0.1) is 10.1 Å². The van der Waals surface area contributed by atoms with Gasteiger partial charge in [-0.1, -0.05) is 31.0 Å². The SMILES string of the molecule is CC(=NNc1cccc([N+](=O)[O-])c1)c1ccc(N2CCCCCC2)cc1. The quantitative estimate of drug-likeness (QED) is 0.476. The van der Waals surface area contributed by atoms with E-state index in [1.54, 1.807) is 12.1 Å². The first-order valence-corrected chi connectivity index (χ1v) is 9.03. The molecule has 6 heteroatoms. The smallest absolute Gasteiger partial charge is 0.271 e. The van der Waals surface area contributed by atoms with Crippen molar-refractivity contribution in [2.75, 3.05) is 23.4 Å². The molecule has 2 aromatic rings. The van der Waals surface area contributed by atoms with Gasteiger partial charge in [-0.15, -0.1) is 0 Å². The van der Waals surface area contributed by atoms with Gasteiger partial charge in [-0.2, -0.15) is 5.10 Å². The Kier molecular flexibility index (Phi) is 5.84. The summed E-state index contributed by atoms with van der Waals surface area (Å²) in [6, 6.07) is 14.8. The van der Waals surface area contributed by atoms with E-state index in [9.17, 15) is 10.1 Å². The predicted octanol–water partition coefficient (Wildman–Crippen LogP) is 4.81. The molecule has 6 nitrogen and oxygen atoms in total. The van der Waals surface area contributed by atoms with Gasteiger partial charge in [0.05, 0.1) is 16.3 Å². The number of non-ortho nitro benzene ring substituents is 1. The Balaban J connectivity index is 1.67. The number of hydrogen-bond acceptors (Lipinski definition) is 5. The highest BCUT2D eigenvalue weighted by Crippen LogP contribution is 2.21. The minimum atomic E-state index is -0.413. The summed E-state index contributed by atoms with van der Waals surface area (Å²) < 4.78 is 0. The fourth-order valence-electron chi connectivity index (χ4n) is 3.14. The summed E-state index contributed by atoms with van der Waals surface area (Å²) >= 11 is 0. The van der Waals surface area contributed by atoms with Crippen molar-refractivity contribution in [1.82, 2.24) is 0 Å². The molecule has 1 fully saturated rings. The van der Waals surface area contributed by atoms with E-state index >= 15 is 0 Å². The molecule has 0 radical (unpaired) electrons. The number of hydrogen-bond donors (Lipinski definition) is 1. The maximum absolute atomic E-state index is 10.8. The molecule has 0 aromatic heterocycles. The van der Waals surface area contributed by atoms with Crippen LogP contribution in [0.2, 0.25) is 0 Å². The number of rotatable bonds is 5. The summed E-state index contributed by atoms with van der Waals surface area (Å²) in [5.74, 6) is 0. The van der Waals surface area contributed by atoms with Crippen LogP contribution in [0.4, 0.5) is 17.1 Å². The number of nitrogens with one attached hydrogen (secondary N) is 1. The van der Waals surface area contributed by atoms with Crippen LogP contribution in [0.15, 0.2) is 53.6 Å². The molecule has 1 aliphatic heterocycles. The van der Waals surface area contributed by atoms with Gasteiger partial charge in [0.1, 0.15) is 0 Å². The molecule has 1 N–H and O–H groups in total. The third kappa shape index (κ3) is 4.59. The lowest BCUT2D eigenvalue weighted by Gasteiger charge is -2.22. The molecule has 136 valence electrons. The highest BCUT2D eigenvalue weighted by molar-refractivity contribution is 5.99. The number of nitrogens with zero attached hydrogens (tertiary/aromatic N) is 3. The Bertz CT molecular complexity index is 779. The van der Waals surface area contributed by atoms with E-state index in [1.807, 2.05) is 6.92 Å². The van der Waals surface area contributed by atoms with Crippen molar-refractivity contribution in [3.05, 3.63) is 64.2 Å². The van der Waals surface area contributed by atoms with Gasteiger partial charge >= 0.3 is 0 Å². The number of hydrazone groups is 1. The average molecular weight is 352 g/mol. The van der Waals surface area contributed by atoms with Crippen LogP contribution in [0.5, 0.6) is 0 Å². The number of anilines is 2. The second-order valence-electron chi connectivity index (χ2n) is 6.56. The molecule has 3 rings (SSSR count). The predicted molar refractivity (Wildman–Crippen MR) is 106 cm³/mol. The summed E-state index contributed by atoms with van der Waals surface area (Å²) in [6.07, 6.45) is 5.16. The number of benzene rings is 2. The molecule has 26 heavy (non-hydrogen) atoms. The highest BCUT2D eigenvalue weighted by Gasteiger charge is 2.10. The van der Waals surface area contributed by atoms with Crippen molar-refractivity contribution in [2.24, 2.45) is 5.10 Å². The monoisotopic (exact) mass is 352 g/mol. The van der Waals surface area contributed by atoms with E-state index in [4.69, 9.17) is 0 Å². The maximum Gasteiger partial charge on any atom is 0.271 e. The summed E-state index contributed by atoms with van der Waals surface area (Å²) in [6.45, 7) is 4.17. The Morgan fingerprint density at radius 2 is 1.77 bits per heavy atom. The molecule has 0 bridgehead atoms. The molecule has 2 aromatic carbocycles. The van der Waals surface area contributed by atoms with Crippen LogP contribution in [0.3, 0.4) is 0 Å². The Hall–Kier alpha value is -2.89. The second-order valence-corrected chi connectivity index (χ2v) is 6.56. The summed E-state index contributed by atoms with van der Waals surface area (Å²) in [4.78, 5) is 12.9. The molecule has 1 aliphatic rings. The van der Waals surface area contributed by atoms with Crippen LogP contribution in [0.25, 0.3) is 0 Å². The zero-order valence-corrected chi connectivity index (χ0v) is 15.0. The van der Waals surface area contributed by atoms with Gasteiger partial charge < -0.3 is 4.90 Å². The molecule has 0 saturated carbocycles. The molecule has 1 heterocycles. The molecule has 0 spiro atoms. The Labute approximate surface area is 153 Å². The normalized spacial score (nSPS) is 15.4. The first-order valence-electron chi connectivity index (χ1n) is 9.03. The van der Waals surface area contributed by atoms with Crippen molar-refractivity contribution >= 4 is 22.8 Å². The van der Waals surface area contributed by atoms with Gasteiger partial charge in [0.2, 0.25) is 0 Å². The van der Waals surface area contributed by atoms with Crippen molar-refractivity contribution in [2.45, 2.75) is 32.6 Å². The summed E-state index contributed by atoms with van der Waals surface area (Å²) in [5, 5.41) is 15.2. The zero-order chi connectivity index (χ0) is 18.4. The summed E-state index contributed by atoms with van der Waals surface area (Å²) in [7, 11) is 0. The number of nitro benzene ring substituents is 1. The molecular weight excluding hydrogens is 328 g/mol. The lowest BCUT2D eigenvalue weighted by Crippen LogP contribution is -2.23. The van der Waals surface area contributed by atoms with Crippen molar-refractivity contribution in [1.29, 1.82) is 0 Å². The van der Waals surface area contributed by atoms with E-state index in [-0.39, 0.29) is 5.69 Å². The van der Waals surface area contributed by atoms with E-state index in [0.29, 0.717) is 5.69 Å². The van der Waals surface area contributed by atoms with Gasteiger partial charge in [0, 0.05) is 30.9 Å². The van der Waals surface area contributed by atoms with Crippen molar-refractivity contribution < 1.29 is 4.92 Å².